The van der Waals surface area contributed by atoms with Crippen LogP contribution in [0.5, 0.6) is 0 Å². The minimum Gasteiger partial charge on any atom is -0.352 e. The number of nitrogens with one attached hydrogen (secondary N) is 1. The van der Waals surface area contributed by atoms with Gasteiger partial charge in [-0.2, -0.15) is 13.2 Å². The zero-order valence-electron chi connectivity index (χ0n) is 18.0. The first-order valence-corrected chi connectivity index (χ1v) is 12.3. The molecule has 10 nitrogen and oxygen atoms in total. The summed E-state index contributed by atoms with van der Waals surface area (Å²) in [6, 6.07) is 5.11. The van der Waals surface area contributed by atoms with Gasteiger partial charge in [-0.25, -0.2) is 18.2 Å². The van der Waals surface area contributed by atoms with Crippen molar-refractivity contribution in [1.82, 2.24) is 23.8 Å². The predicted octanol–water partition coefficient (Wildman–Crippen LogP) is 1.26. The quantitative estimate of drug-likeness (QED) is 0.319. The van der Waals surface area contributed by atoms with Crippen LogP contribution < -0.4 is 16.6 Å². The summed E-state index contributed by atoms with van der Waals surface area (Å²) in [5.41, 5.74) is -3.09. The first-order valence-electron chi connectivity index (χ1n) is 10.6. The van der Waals surface area contributed by atoms with Crippen LogP contribution in [-0.4, -0.2) is 45.1 Å². The normalized spacial score (nSPS) is 15.5. The van der Waals surface area contributed by atoms with Crippen LogP contribution in [0.3, 0.4) is 0 Å². The number of pyridine rings is 1. The highest BCUT2D eigenvalue weighted by Crippen LogP contribution is 2.39. The average Bonchev–Trinajstić information content (AvgIpc) is 3.36. The lowest BCUT2D eigenvalue weighted by molar-refractivity contribution is -0.136. The number of carbonyl (C=O) groups is 1. The molecule has 0 spiro atoms. The Hall–Kier alpha value is -3.68. The fourth-order valence-electron chi connectivity index (χ4n) is 4.49. The van der Waals surface area contributed by atoms with E-state index in [1.165, 1.54) is 28.8 Å². The molecule has 0 saturated carbocycles. The Morgan fingerprint density at radius 1 is 1.17 bits per heavy atom. The third-order valence-electron chi connectivity index (χ3n) is 6.00. The number of amides is 1. The van der Waals surface area contributed by atoms with Gasteiger partial charge in [0, 0.05) is 25.7 Å². The summed E-state index contributed by atoms with van der Waals surface area (Å²) in [6.07, 6.45) is -3.29. The van der Waals surface area contributed by atoms with Crippen molar-refractivity contribution in [1.29, 1.82) is 0 Å². The van der Waals surface area contributed by atoms with E-state index < -0.39 is 44.3 Å². The standard InChI is InChI=1S/C21H18F3N5O5S/c22-21(23,24)18-12-4-1-5-14-26-11-13(29(12)14)17(18)19(31)25-6-2-7-27-15(30)10-16-28(20(27)32)8-3-9-35(16,33)34/h1,4-5,10-11H,2-3,6-9H2,(H,25,31). The number of rotatable bonds is 5. The van der Waals surface area contributed by atoms with E-state index in [2.05, 4.69) is 10.3 Å². The predicted molar refractivity (Wildman–Crippen MR) is 117 cm³/mol. The second-order valence-corrected chi connectivity index (χ2v) is 10.2. The zero-order chi connectivity index (χ0) is 25.1. The molecule has 0 fully saturated rings. The van der Waals surface area contributed by atoms with Gasteiger partial charge < -0.3 is 5.32 Å². The van der Waals surface area contributed by atoms with Crippen LogP contribution >= 0.6 is 0 Å². The van der Waals surface area contributed by atoms with Crippen molar-refractivity contribution in [2.24, 2.45) is 0 Å². The van der Waals surface area contributed by atoms with Crippen molar-refractivity contribution in [3.63, 3.8) is 0 Å². The molecule has 35 heavy (non-hydrogen) atoms. The molecule has 5 rings (SSSR count). The molecule has 0 radical (unpaired) electrons. The second kappa shape index (κ2) is 7.93. The summed E-state index contributed by atoms with van der Waals surface area (Å²) in [5.74, 6) is -1.11. The van der Waals surface area contributed by atoms with Gasteiger partial charge in [0.15, 0.2) is 9.84 Å². The number of fused-ring (bicyclic) bond motifs is 1. The highest BCUT2D eigenvalue weighted by Gasteiger charge is 2.40. The van der Waals surface area contributed by atoms with Crippen LogP contribution in [0, 0.1) is 0 Å². The van der Waals surface area contributed by atoms with E-state index in [0.29, 0.717) is 0 Å². The van der Waals surface area contributed by atoms with Gasteiger partial charge in [-0.05, 0) is 25.0 Å². The largest absolute Gasteiger partial charge is 0.419 e. The van der Waals surface area contributed by atoms with Gasteiger partial charge in [0.2, 0.25) is 0 Å². The lowest BCUT2D eigenvalue weighted by Crippen LogP contribution is -2.44. The maximum Gasteiger partial charge on any atom is 0.419 e. The Morgan fingerprint density at radius 2 is 1.94 bits per heavy atom. The maximum absolute atomic E-state index is 13.8. The first-order chi connectivity index (χ1) is 16.5. The van der Waals surface area contributed by atoms with Crippen molar-refractivity contribution in [3.05, 3.63) is 62.4 Å². The zero-order valence-corrected chi connectivity index (χ0v) is 18.8. The molecule has 0 atom stereocenters. The van der Waals surface area contributed by atoms with E-state index in [1.807, 2.05) is 0 Å². The Balaban J connectivity index is 1.37. The maximum atomic E-state index is 13.8. The van der Waals surface area contributed by atoms with Gasteiger partial charge in [-0.15, -0.1) is 0 Å². The highest BCUT2D eigenvalue weighted by atomic mass is 32.2. The van der Waals surface area contributed by atoms with Gasteiger partial charge >= 0.3 is 11.9 Å². The van der Waals surface area contributed by atoms with Crippen molar-refractivity contribution in [2.75, 3.05) is 12.3 Å². The van der Waals surface area contributed by atoms with Gasteiger partial charge in [0.05, 0.1) is 34.1 Å². The van der Waals surface area contributed by atoms with Crippen LogP contribution in [0.1, 0.15) is 28.8 Å². The Morgan fingerprint density at radius 3 is 2.69 bits per heavy atom. The number of hydrogen-bond acceptors (Lipinski definition) is 6. The SMILES string of the molecule is O=C(NCCCn1c(=O)cc2n(c1=O)CCCS2(=O)=O)c1c(C(F)(F)F)c2cccc3ncc1n32. The van der Waals surface area contributed by atoms with Crippen LogP contribution in [0.25, 0.3) is 16.7 Å². The number of nitrogens with zero attached hydrogens (tertiary/aromatic N) is 4. The summed E-state index contributed by atoms with van der Waals surface area (Å²) in [6.45, 7) is -0.128. The number of carbonyl (C=O) groups excluding carboxylic acids is 1. The molecule has 4 aromatic heterocycles. The lowest BCUT2D eigenvalue weighted by atomic mass is 10.1. The van der Waals surface area contributed by atoms with Gasteiger partial charge in [0.1, 0.15) is 10.7 Å². The molecule has 0 unspecified atom stereocenters. The molecule has 1 amide bonds. The average molecular weight is 509 g/mol. The van der Waals surface area contributed by atoms with Crippen LogP contribution in [0.4, 0.5) is 13.2 Å². The molecule has 4 aromatic rings. The number of halogens is 3. The van der Waals surface area contributed by atoms with E-state index in [4.69, 9.17) is 0 Å². The van der Waals surface area contributed by atoms with Crippen molar-refractivity contribution < 1.29 is 26.4 Å². The second-order valence-electron chi connectivity index (χ2n) is 8.18. The fraction of sp³-hybridized carbons (Fsp3) is 0.333. The topological polar surface area (TPSA) is 125 Å². The van der Waals surface area contributed by atoms with E-state index in [-0.39, 0.29) is 59.9 Å². The Kier molecular flexibility index (Phi) is 5.23. The Labute approximate surface area is 194 Å². The molecule has 184 valence electrons. The molecule has 0 aliphatic carbocycles. The van der Waals surface area contributed by atoms with Gasteiger partial charge in [-0.3, -0.25) is 23.1 Å². The minimum atomic E-state index is -4.79. The van der Waals surface area contributed by atoms with Crippen molar-refractivity contribution >= 4 is 32.4 Å². The minimum absolute atomic E-state index is 0.0192. The monoisotopic (exact) mass is 509 g/mol. The molecular weight excluding hydrogens is 491 g/mol. The van der Waals surface area contributed by atoms with Gasteiger partial charge in [-0.1, -0.05) is 6.07 Å². The summed E-state index contributed by atoms with van der Waals surface area (Å²) < 4.78 is 68.9. The summed E-state index contributed by atoms with van der Waals surface area (Å²) >= 11 is 0. The molecule has 5 heterocycles. The summed E-state index contributed by atoms with van der Waals surface area (Å²) in [4.78, 5) is 41.8. The summed E-state index contributed by atoms with van der Waals surface area (Å²) in [5, 5.41) is 2.10. The summed E-state index contributed by atoms with van der Waals surface area (Å²) in [7, 11) is -3.71. The molecule has 1 aliphatic rings. The fourth-order valence-corrected chi connectivity index (χ4v) is 5.99. The smallest absolute Gasteiger partial charge is 0.352 e. The molecular formula is C21H18F3N5O5S. The van der Waals surface area contributed by atoms with E-state index in [1.54, 1.807) is 0 Å². The molecule has 14 heteroatoms. The van der Waals surface area contributed by atoms with Crippen molar-refractivity contribution in [3.8, 4) is 0 Å². The van der Waals surface area contributed by atoms with E-state index >= 15 is 0 Å². The van der Waals surface area contributed by atoms with Crippen LogP contribution in [-0.2, 0) is 29.1 Å². The Bertz CT molecular complexity index is 1700. The lowest BCUT2D eigenvalue weighted by Gasteiger charge is -2.19. The molecule has 0 aromatic carbocycles. The van der Waals surface area contributed by atoms with E-state index in [0.717, 1.165) is 15.2 Å². The van der Waals surface area contributed by atoms with Crippen LogP contribution in [0.15, 0.2) is 45.1 Å². The molecule has 1 aliphatic heterocycles. The molecule has 1 N–H and O–H groups in total. The highest BCUT2D eigenvalue weighted by molar-refractivity contribution is 7.91. The number of hydrogen-bond donors (Lipinski definition) is 1. The number of aromatic nitrogens is 4. The van der Waals surface area contributed by atoms with Gasteiger partial charge in [0.25, 0.3) is 11.5 Å². The number of imidazole rings is 1. The first kappa shape index (κ1) is 23.1. The van der Waals surface area contributed by atoms with Crippen molar-refractivity contribution in [2.45, 2.75) is 37.1 Å². The van der Waals surface area contributed by atoms with Crippen LogP contribution in [0.2, 0.25) is 0 Å². The third kappa shape index (κ3) is 3.68. The van der Waals surface area contributed by atoms with E-state index in [9.17, 15) is 36.0 Å². The number of sulfone groups is 1. The molecule has 0 saturated heterocycles. The number of alkyl halides is 3. The third-order valence-corrected chi connectivity index (χ3v) is 7.80. The molecule has 0 bridgehead atoms.